The second-order valence-electron chi connectivity index (χ2n) is 7.02. The van der Waals surface area contributed by atoms with Crippen LogP contribution < -0.4 is 14.9 Å². The normalized spacial score (nSPS) is 10.9. The highest BCUT2D eigenvalue weighted by molar-refractivity contribution is 9.10. The lowest BCUT2D eigenvalue weighted by atomic mass is 10.1. The van der Waals surface area contributed by atoms with Crippen LogP contribution in [0.4, 0.5) is 0 Å². The fourth-order valence-corrected chi connectivity index (χ4v) is 3.86. The Bertz CT molecular complexity index is 1280. The van der Waals surface area contributed by atoms with Crippen LogP contribution in [0.1, 0.15) is 21.5 Å². The molecular weight excluding hydrogens is 468 g/mol. The summed E-state index contributed by atoms with van der Waals surface area (Å²) >= 11 is 3.56. The standard InChI is InChI=1S/C26H21BrN2O3/c1-31-24-12-5-4-11-22(24)26(30)29-28-16-18-13-14-25(23(27)15-18)32-17-20-9-6-8-19-7-2-3-10-21(19)20/h2-16H,17H2,1H3,(H,29,30)/b28-16-. The molecule has 0 heterocycles. The van der Waals surface area contributed by atoms with Crippen molar-refractivity contribution in [3.8, 4) is 11.5 Å². The van der Waals surface area contributed by atoms with E-state index >= 15 is 0 Å². The molecule has 4 aromatic rings. The van der Waals surface area contributed by atoms with Gasteiger partial charge in [-0.25, -0.2) is 5.43 Å². The van der Waals surface area contributed by atoms with Gasteiger partial charge in [0.25, 0.3) is 5.91 Å². The smallest absolute Gasteiger partial charge is 0.275 e. The highest BCUT2D eigenvalue weighted by Gasteiger charge is 2.10. The molecule has 0 unspecified atom stereocenters. The number of nitrogens with zero attached hydrogens (tertiary/aromatic N) is 1. The molecule has 5 nitrogen and oxygen atoms in total. The molecular formula is C26H21BrN2O3. The van der Waals surface area contributed by atoms with Crippen molar-refractivity contribution in [3.63, 3.8) is 0 Å². The summed E-state index contributed by atoms with van der Waals surface area (Å²) in [7, 11) is 1.52. The second-order valence-corrected chi connectivity index (χ2v) is 7.87. The predicted octanol–water partition coefficient (Wildman–Crippen LogP) is 5.95. The van der Waals surface area contributed by atoms with Gasteiger partial charge in [0.05, 0.1) is 23.4 Å². The van der Waals surface area contributed by atoms with Gasteiger partial charge in [-0.15, -0.1) is 0 Å². The molecule has 160 valence electrons. The largest absolute Gasteiger partial charge is 0.496 e. The molecule has 0 fully saturated rings. The van der Waals surface area contributed by atoms with Gasteiger partial charge < -0.3 is 9.47 Å². The Labute approximate surface area is 194 Å². The first-order valence-corrected chi connectivity index (χ1v) is 10.8. The maximum atomic E-state index is 12.3. The zero-order valence-electron chi connectivity index (χ0n) is 17.4. The summed E-state index contributed by atoms with van der Waals surface area (Å²) in [6.07, 6.45) is 1.58. The van der Waals surface area contributed by atoms with Gasteiger partial charge in [-0.05, 0) is 68.2 Å². The monoisotopic (exact) mass is 488 g/mol. The Morgan fingerprint density at radius 2 is 1.75 bits per heavy atom. The van der Waals surface area contributed by atoms with Crippen LogP contribution in [0.3, 0.4) is 0 Å². The van der Waals surface area contributed by atoms with Crippen molar-refractivity contribution >= 4 is 38.8 Å². The van der Waals surface area contributed by atoms with Gasteiger partial charge in [-0.2, -0.15) is 5.10 Å². The van der Waals surface area contributed by atoms with Crippen molar-refractivity contribution in [1.82, 2.24) is 5.43 Å². The number of methoxy groups -OCH3 is 1. The molecule has 4 aromatic carbocycles. The summed E-state index contributed by atoms with van der Waals surface area (Å²) in [5, 5.41) is 6.42. The van der Waals surface area contributed by atoms with Crippen molar-refractivity contribution in [2.45, 2.75) is 6.61 Å². The number of hydrogen-bond acceptors (Lipinski definition) is 4. The van der Waals surface area contributed by atoms with Crippen LogP contribution in [0.15, 0.2) is 94.5 Å². The predicted molar refractivity (Wildman–Crippen MR) is 130 cm³/mol. The van der Waals surface area contributed by atoms with E-state index in [9.17, 15) is 4.79 Å². The average molecular weight is 489 g/mol. The van der Waals surface area contributed by atoms with Gasteiger partial charge in [0.2, 0.25) is 0 Å². The SMILES string of the molecule is COc1ccccc1C(=O)N/N=C\c1ccc(OCc2cccc3ccccc23)c(Br)c1. The van der Waals surface area contributed by atoms with Gasteiger partial charge in [-0.1, -0.05) is 54.6 Å². The van der Waals surface area contributed by atoms with E-state index in [1.807, 2.05) is 36.4 Å². The number of ether oxygens (including phenoxy) is 2. The number of carbonyl (C=O) groups is 1. The Morgan fingerprint density at radius 1 is 0.969 bits per heavy atom. The zero-order valence-corrected chi connectivity index (χ0v) is 19.0. The van der Waals surface area contributed by atoms with E-state index in [4.69, 9.17) is 9.47 Å². The van der Waals surface area contributed by atoms with Crippen LogP contribution >= 0.6 is 15.9 Å². The second kappa shape index (κ2) is 10.1. The van der Waals surface area contributed by atoms with Crippen LogP contribution in [-0.4, -0.2) is 19.2 Å². The molecule has 32 heavy (non-hydrogen) atoms. The number of hydrogen-bond donors (Lipinski definition) is 1. The molecule has 0 aromatic heterocycles. The highest BCUT2D eigenvalue weighted by atomic mass is 79.9. The van der Waals surface area contributed by atoms with E-state index in [-0.39, 0.29) is 5.91 Å². The number of halogens is 1. The molecule has 0 aliphatic heterocycles. The molecule has 0 aliphatic rings. The molecule has 0 spiro atoms. The first kappa shape index (κ1) is 21.6. The molecule has 6 heteroatoms. The minimum absolute atomic E-state index is 0.340. The van der Waals surface area contributed by atoms with Crippen molar-refractivity contribution < 1.29 is 14.3 Å². The van der Waals surface area contributed by atoms with E-state index < -0.39 is 0 Å². The molecule has 1 N–H and O–H groups in total. The summed E-state index contributed by atoms with van der Waals surface area (Å²) in [4.78, 5) is 12.3. The summed E-state index contributed by atoms with van der Waals surface area (Å²) in [5.41, 5.74) is 4.88. The Morgan fingerprint density at radius 3 is 2.59 bits per heavy atom. The molecule has 0 aliphatic carbocycles. The topological polar surface area (TPSA) is 59.9 Å². The Balaban J connectivity index is 1.40. The number of rotatable bonds is 7. The number of nitrogens with one attached hydrogen (secondary N) is 1. The minimum atomic E-state index is -0.340. The van der Waals surface area contributed by atoms with Gasteiger partial charge >= 0.3 is 0 Å². The maximum absolute atomic E-state index is 12.3. The van der Waals surface area contributed by atoms with E-state index in [1.165, 1.54) is 17.9 Å². The lowest BCUT2D eigenvalue weighted by Gasteiger charge is -2.11. The van der Waals surface area contributed by atoms with E-state index in [0.29, 0.717) is 17.9 Å². The average Bonchev–Trinajstić information content (AvgIpc) is 2.83. The van der Waals surface area contributed by atoms with E-state index in [1.54, 1.807) is 30.5 Å². The third-order valence-electron chi connectivity index (χ3n) is 4.95. The van der Waals surface area contributed by atoms with Gasteiger partial charge in [0.15, 0.2) is 0 Å². The molecule has 0 atom stereocenters. The molecule has 1 amide bonds. The van der Waals surface area contributed by atoms with E-state index in [0.717, 1.165) is 21.3 Å². The first-order valence-electron chi connectivity index (χ1n) is 10.0. The number of amides is 1. The van der Waals surface area contributed by atoms with Crippen LogP contribution in [0, 0.1) is 0 Å². The summed E-state index contributed by atoms with van der Waals surface area (Å²) in [6.45, 7) is 0.461. The lowest BCUT2D eigenvalue weighted by molar-refractivity contribution is 0.0952. The molecule has 0 saturated carbocycles. The fourth-order valence-electron chi connectivity index (χ4n) is 3.35. The Kier molecular flexibility index (Phi) is 6.82. The lowest BCUT2D eigenvalue weighted by Crippen LogP contribution is -2.18. The minimum Gasteiger partial charge on any atom is -0.496 e. The van der Waals surface area contributed by atoms with Crippen LogP contribution in [0.2, 0.25) is 0 Å². The van der Waals surface area contributed by atoms with Crippen LogP contribution in [0.25, 0.3) is 10.8 Å². The summed E-state index contributed by atoms with van der Waals surface area (Å²) in [5.74, 6) is 0.886. The molecule has 0 bridgehead atoms. The Hall–Kier alpha value is -3.64. The quantitative estimate of drug-likeness (QED) is 0.258. The fraction of sp³-hybridized carbons (Fsp3) is 0.0769. The third kappa shape index (κ3) is 4.98. The van der Waals surface area contributed by atoms with Gasteiger partial charge in [0, 0.05) is 0 Å². The van der Waals surface area contributed by atoms with Crippen molar-refractivity contribution in [3.05, 3.63) is 106 Å². The summed E-state index contributed by atoms with van der Waals surface area (Å²) < 4.78 is 12.0. The van der Waals surface area contributed by atoms with Gasteiger partial charge in [0.1, 0.15) is 18.1 Å². The molecule has 0 radical (unpaired) electrons. The van der Waals surface area contributed by atoms with Crippen molar-refractivity contribution in [2.24, 2.45) is 5.10 Å². The number of benzene rings is 4. The van der Waals surface area contributed by atoms with Crippen molar-refractivity contribution in [2.75, 3.05) is 7.11 Å². The number of para-hydroxylation sites is 1. The number of carbonyl (C=O) groups excluding carboxylic acids is 1. The first-order chi connectivity index (χ1) is 15.7. The van der Waals surface area contributed by atoms with Crippen molar-refractivity contribution in [1.29, 1.82) is 0 Å². The maximum Gasteiger partial charge on any atom is 0.275 e. The van der Waals surface area contributed by atoms with Gasteiger partial charge in [-0.3, -0.25) is 4.79 Å². The number of fused-ring (bicyclic) bond motifs is 1. The number of hydrazone groups is 1. The third-order valence-corrected chi connectivity index (χ3v) is 5.57. The highest BCUT2D eigenvalue weighted by Crippen LogP contribution is 2.27. The van der Waals surface area contributed by atoms with Crippen LogP contribution in [0.5, 0.6) is 11.5 Å². The van der Waals surface area contributed by atoms with Crippen LogP contribution in [-0.2, 0) is 6.61 Å². The molecule has 0 saturated heterocycles. The zero-order chi connectivity index (χ0) is 22.3. The van der Waals surface area contributed by atoms with E-state index in [2.05, 4.69) is 50.7 Å². The summed E-state index contributed by atoms with van der Waals surface area (Å²) in [6, 6.07) is 27.1. The molecule has 4 rings (SSSR count).